The highest BCUT2D eigenvalue weighted by molar-refractivity contribution is 5.98. The van der Waals surface area contributed by atoms with Crippen molar-refractivity contribution in [3.05, 3.63) is 51.3 Å². The van der Waals surface area contributed by atoms with Crippen LogP contribution in [-0.2, 0) is 26.3 Å². The van der Waals surface area contributed by atoms with Gasteiger partial charge >= 0.3 is 5.56 Å². The normalized spacial score (nSPS) is 17.6. The van der Waals surface area contributed by atoms with Crippen LogP contribution in [0.15, 0.2) is 33.5 Å². The van der Waals surface area contributed by atoms with Crippen molar-refractivity contribution >= 4 is 33.2 Å². The van der Waals surface area contributed by atoms with Gasteiger partial charge in [-0.15, -0.1) is 0 Å². The van der Waals surface area contributed by atoms with E-state index in [1.807, 2.05) is 11.6 Å². The summed E-state index contributed by atoms with van der Waals surface area (Å²) in [5.41, 5.74) is 9.47. The molecule has 5 heteroatoms. The Morgan fingerprint density at radius 1 is 0.970 bits per heavy atom. The van der Waals surface area contributed by atoms with E-state index in [9.17, 15) is 4.79 Å². The number of hydrogen-bond donors (Lipinski definition) is 0. The SMILES string of the molecule is CCN1CCCc2cc3c4oc5c6c7c(cc5cc-4c(=O)[n+](C)c3cc21)CCCN7CCC6. The van der Waals surface area contributed by atoms with Crippen molar-refractivity contribution in [2.45, 2.75) is 45.4 Å². The van der Waals surface area contributed by atoms with Crippen LogP contribution < -0.4 is 19.9 Å². The minimum Gasteiger partial charge on any atom is -0.454 e. The first-order valence-corrected chi connectivity index (χ1v) is 12.5. The number of rotatable bonds is 1. The van der Waals surface area contributed by atoms with Crippen LogP contribution >= 0.6 is 0 Å². The number of fused-ring (bicyclic) bond motifs is 6. The van der Waals surface area contributed by atoms with Crippen LogP contribution in [0, 0.1) is 0 Å². The molecule has 7 rings (SSSR count). The Bertz CT molecular complexity index is 1480. The van der Waals surface area contributed by atoms with Crippen LogP contribution in [0.1, 0.15) is 42.9 Å². The Labute approximate surface area is 193 Å². The van der Waals surface area contributed by atoms with Crippen LogP contribution in [-0.4, -0.2) is 26.2 Å². The van der Waals surface area contributed by atoms with Crippen molar-refractivity contribution in [3.8, 4) is 11.3 Å². The van der Waals surface area contributed by atoms with Crippen LogP contribution in [0.2, 0.25) is 0 Å². The van der Waals surface area contributed by atoms with E-state index in [1.165, 1.54) is 40.9 Å². The van der Waals surface area contributed by atoms with Crippen LogP contribution in [0.25, 0.3) is 33.2 Å². The molecule has 0 fully saturated rings. The summed E-state index contributed by atoms with van der Waals surface area (Å²) in [5.74, 6) is 0.751. The zero-order valence-electron chi connectivity index (χ0n) is 19.5. The lowest BCUT2D eigenvalue weighted by Crippen LogP contribution is -2.48. The lowest BCUT2D eigenvalue weighted by molar-refractivity contribution is -0.658. The quantitative estimate of drug-likeness (QED) is 0.251. The largest absolute Gasteiger partial charge is 0.454 e. The first-order chi connectivity index (χ1) is 16.1. The van der Waals surface area contributed by atoms with E-state index in [1.54, 1.807) is 0 Å². The van der Waals surface area contributed by atoms with E-state index >= 15 is 0 Å². The van der Waals surface area contributed by atoms with Gasteiger partial charge in [-0.05, 0) is 74.8 Å². The molecular weight excluding hydrogens is 410 g/mol. The molecule has 0 saturated carbocycles. The maximum Gasteiger partial charge on any atom is 0.423 e. The number of benzene rings is 2. The summed E-state index contributed by atoms with van der Waals surface area (Å²) in [4.78, 5) is 18.5. The molecule has 0 aliphatic carbocycles. The van der Waals surface area contributed by atoms with Crippen molar-refractivity contribution in [2.75, 3.05) is 36.0 Å². The standard InChI is InChI=1S/C28H30N3O2/c1-3-30-10-4-7-17-14-21-24(16-23(17)30)29(2)28(32)22-15-19-13-18-8-5-11-31-12-6-9-20(25(18)31)26(19)33-27(21)22/h13-16H,3-12H2,1-2H3/q+1. The molecule has 5 aliphatic heterocycles. The Morgan fingerprint density at radius 2 is 1.76 bits per heavy atom. The molecule has 2 aromatic carbocycles. The van der Waals surface area contributed by atoms with Gasteiger partial charge < -0.3 is 14.2 Å². The summed E-state index contributed by atoms with van der Waals surface area (Å²) in [6, 6.07) is 8.88. The number of pyridine rings is 1. The second-order valence-corrected chi connectivity index (χ2v) is 10.0. The molecular formula is C28H30N3O2+. The molecule has 0 amide bonds. The summed E-state index contributed by atoms with van der Waals surface area (Å²) in [6.45, 7) is 6.55. The van der Waals surface area contributed by atoms with Crippen LogP contribution in [0.5, 0.6) is 0 Å². The number of anilines is 2. The van der Waals surface area contributed by atoms with E-state index in [0.29, 0.717) is 5.56 Å². The lowest BCUT2D eigenvalue weighted by Gasteiger charge is -2.37. The third-order valence-corrected chi connectivity index (χ3v) is 8.18. The Morgan fingerprint density at radius 3 is 2.61 bits per heavy atom. The Kier molecular flexibility index (Phi) is 4.09. The smallest absolute Gasteiger partial charge is 0.423 e. The number of hydrogen-bond acceptors (Lipinski definition) is 4. The highest BCUT2D eigenvalue weighted by Crippen LogP contribution is 2.43. The first kappa shape index (κ1) is 19.4. The molecule has 0 radical (unpaired) electrons. The van der Waals surface area contributed by atoms with E-state index in [0.717, 1.165) is 79.5 Å². The van der Waals surface area contributed by atoms with E-state index in [-0.39, 0.29) is 5.56 Å². The molecule has 0 aromatic heterocycles. The fraction of sp³-hybridized carbons (Fsp3) is 0.429. The molecule has 2 aromatic rings. The van der Waals surface area contributed by atoms with Gasteiger partial charge in [0.1, 0.15) is 18.2 Å². The minimum absolute atomic E-state index is 0.0231. The predicted octanol–water partition coefficient (Wildman–Crippen LogP) is 4.35. The van der Waals surface area contributed by atoms with Gasteiger partial charge in [-0.3, -0.25) is 0 Å². The van der Waals surface area contributed by atoms with Crippen molar-refractivity contribution in [1.29, 1.82) is 0 Å². The zero-order chi connectivity index (χ0) is 22.3. The van der Waals surface area contributed by atoms with Crippen molar-refractivity contribution in [3.63, 3.8) is 0 Å². The Balaban J connectivity index is 1.59. The molecule has 0 bridgehead atoms. The van der Waals surface area contributed by atoms with Gasteiger partial charge in [0, 0.05) is 54.6 Å². The maximum atomic E-state index is 13.5. The van der Waals surface area contributed by atoms with Gasteiger partial charge in [0.2, 0.25) is 5.52 Å². The third kappa shape index (κ3) is 2.65. The highest BCUT2D eigenvalue weighted by Gasteiger charge is 2.31. The van der Waals surface area contributed by atoms with Gasteiger partial charge in [0.15, 0.2) is 5.76 Å². The zero-order valence-corrected chi connectivity index (χ0v) is 19.5. The lowest BCUT2D eigenvalue weighted by atomic mass is 9.89. The summed E-state index contributed by atoms with van der Waals surface area (Å²) >= 11 is 0. The molecule has 0 unspecified atom stereocenters. The number of aryl methyl sites for hydroxylation is 4. The molecule has 5 aliphatic rings. The predicted molar refractivity (Wildman–Crippen MR) is 133 cm³/mol. The average Bonchev–Trinajstić information content (AvgIpc) is 2.85. The molecule has 0 N–H and O–H groups in total. The molecule has 5 heterocycles. The summed E-state index contributed by atoms with van der Waals surface area (Å²) < 4.78 is 8.57. The first-order valence-electron chi connectivity index (χ1n) is 12.5. The maximum absolute atomic E-state index is 13.5. The average molecular weight is 441 g/mol. The molecule has 0 saturated heterocycles. The van der Waals surface area contributed by atoms with Gasteiger partial charge in [-0.1, -0.05) is 0 Å². The van der Waals surface area contributed by atoms with Crippen LogP contribution in [0.3, 0.4) is 0 Å². The van der Waals surface area contributed by atoms with E-state index in [2.05, 4.69) is 41.0 Å². The molecule has 0 atom stereocenters. The molecule has 0 spiro atoms. The van der Waals surface area contributed by atoms with Gasteiger partial charge in [-0.25, -0.2) is 4.79 Å². The number of aromatic nitrogens is 1. The molecule has 168 valence electrons. The van der Waals surface area contributed by atoms with Crippen molar-refractivity contribution in [2.24, 2.45) is 7.05 Å². The third-order valence-electron chi connectivity index (χ3n) is 8.18. The molecule has 5 nitrogen and oxygen atoms in total. The monoisotopic (exact) mass is 440 g/mol. The fourth-order valence-corrected chi connectivity index (χ4v) is 6.60. The van der Waals surface area contributed by atoms with Crippen molar-refractivity contribution in [1.82, 2.24) is 0 Å². The second-order valence-electron chi connectivity index (χ2n) is 10.0. The topological polar surface area (TPSA) is 40.6 Å². The summed E-state index contributed by atoms with van der Waals surface area (Å²) in [7, 11) is 1.90. The highest BCUT2D eigenvalue weighted by atomic mass is 16.3. The van der Waals surface area contributed by atoms with E-state index < -0.39 is 0 Å². The van der Waals surface area contributed by atoms with Gasteiger partial charge in [-0.2, -0.15) is 4.57 Å². The fourth-order valence-electron chi connectivity index (χ4n) is 6.60. The van der Waals surface area contributed by atoms with E-state index in [4.69, 9.17) is 4.42 Å². The van der Waals surface area contributed by atoms with Gasteiger partial charge in [0.25, 0.3) is 0 Å². The molecule has 33 heavy (non-hydrogen) atoms. The van der Waals surface area contributed by atoms with Crippen molar-refractivity contribution < 1.29 is 8.98 Å². The second kappa shape index (κ2) is 6.96. The Hall–Kier alpha value is -3.08. The summed E-state index contributed by atoms with van der Waals surface area (Å²) in [6.07, 6.45) is 6.78. The minimum atomic E-state index is 0.0231. The van der Waals surface area contributed by atoms with Gasteiger partial charge in [0.05, 0.1) is 5.39 Å². The van der Waals surface area contributed by atoms with Crippen LogP contribution in [0.4, 0.5) is 11.4 Å². The summed E-state index contributed by atoms with van der Waals surface area (Å²) in [5, 5.41) is 2.13. The number of nitrogens with zero attached hydrogens (tertiary/aromatic N) is 3.